The monoisotopic (exact) mass is 277 g/mol. The van der Waals surface area contributed by atoms with Gasteiger partial charge < -0.3 is 9.64 Å². The first-order valence-corrected chi connectivity index (χ1v) is 6.58. The minimum atomic E-state index is -0.390. The molecule has 0 N–H and O–H groups in total. The van der Waals surface area contributed by atoms with Crippen molar-refractivity contribution >= 4 is 22.0 Å². The Hall–Kier alpha value is -0.250. The third-order valence-electron chi connectivity index (χ3n) is 2.39. The van der Waals surface area contributed by atoms with Gasteiger partial charge in [0, 0.05) is 18.4 Å². The topological polar surface area (TPSA) is 29.5 Å². The van der Waals surface area contributed by atoms with E-state index in [1.165, 1.54) is 6.42 Å². The predicted molar refractivity (Wildman–Crippen MR) is 64.3 cm³/mol. The van der Waals surface area contributed by atoms with Gasteiger partial charge in [0.2, 0.25) is 0 Å². The van der Waals surface area contributed by atoms with E-state index in [1.807, 2.05) is 25.7 Å². The van der Waals surface area contributed by atoms with Crippen molar-refractivity contribution in [3.63, 3.8) is 0 Å². The number of rotatable bonds is 1. The molecule has 0 bridgehead atoms. The first-order chi connectivity index (χ1) is 6.92. The Balaban J connectivity index is 2.45. The van der Waals surface area contributed by atoms with Crippen LogP contribution in [0.4, 0.5) is 4.79 Å². The lowest BCUT2D eigenvalue weighted by Gasteiger charge is -2.33. The number of amides is 1. The molecule has 1 aliphatic rings. The minimum Gasteiger partial charge on any atom is -0.444 e. The van der Waals surface area contributed by atoms with Crippen LogP contribution in [0.1, 0.15) is 33.6 Å². The minimum absolute atomic E-state index is 0.173. The highest BCUT2D eigenvalue weighted by molar-refractivity contribution is 9.09. The van der Waals surface area contributed by atoms with E-state index in [0.717, 1.165) is 24.8 Å². The van der Waals surface area contributed by atoms with Gasteiger partial charge in [-0.15, -0.1) is 0 Å². The molecular weight excluding hydrogens is 258 g/mol. The van der Waals surface area contributed by atoms with Crippen molar-refractivity contribution < 1.29 is 9.53 Å². The molecule has 4 heteroatoms. The van der Waals surface area contributed by atoms with Crippen molar-refractivity contribution in [1.82, 2.24) is 4.90 Å². The van der Waals surface area contributed by atoms with Crippen LogP contribution in [0, 0.1) is 5.92 Å². The second kappa shape index (κ2) is 5.19. The van der Waals surface area contributed by atoms with Gasteiger partial charge in [-0.25, -0.2) is 4.79 Å². The highest BCUT2D eigenvalue weighted by Crippen LogP contribution is 2.20. The van der Waals surface area contributed by atoms with Crippen LogP contribution < -0.4 is 0 Å². The Morgan fingerprint density at radius 1 is 1.53 bits per heavy atom. The number of carbonyl (C=O) groups excluding carboxylic acids is 1. The van der Waals surface area contributed by atoms with E-state index in [9.17, 15) is 4.79 Å². The van der Waals surface area contributed by atoms with Crippen LogP contribution in [0.2, 0.25) is 0 Å². The number of hydrogen-bond acceptors (Lipinski definition) is 2. The molecule has 88 valence electrons. The molecule has 1 rings (SSSR count). The smallest absolute Gasteiger partial charge is 0.410 e. The zero-order valence-electron chi connectivity index (χ0n) is 9.75. The fraction of sp³-hybridized carbons (Fsp3) is 0.909. The van der Waals surface area contributed by atoms with Crippen LogP contribution >= 0.6 is 15.9 Å². The lowest BCUT2D eigenvalue weighted by molar-refractivity contribution is 0.0177. The molecule has 1 heterocycles. The van der Waals surface area contributed by atoms with Gasteiger partial charge in [-0.1, -0.05) is 15.9 Å². The zero-order chi connectivity index (χ0) is 11.5. The molecule has 1 atom stereocenters. The number of halogens is 1. The zero-order valence-corrected chi connectivity index (χ0v) is 11.3. The molecular formula is C11H20BrNO2. The molecule has 0 saturated carbocycles. The second-order valence-electron chi connectivity index (χ2n) is 5.09. The number of likely N-dealkylation sites (tertiary alicyclic amines) is 1. The van der Waals surface area contributed by atoms with Crippen LogP contribution in [0.3, 0.4) is 0 Å². The molecule has 0 aromatic rings. The number of alkyl halides is 1. The average Bonchev–Trinajstić information content (AvgIpc) is 2.15. The van der Waals surface area contributed by atoms with Crippen molar-refractivity contribution in [2.24, 2.45) is 5.92 Å². The lowest BCUT2D eigenvalue weighted by Crippen LogP contribution is -2.43. The third kappa shape index (κ3) is 4.41. The van der Waals surface area contributed by atoms with Crippen molar-refractivity contribution in [3.8, 4) is 0 Å². The molecule has 0 spiro atoms. The van der Waals surface area contributed by atoms with Crippen LogP contribution in [0.25, 0.3) is 0 Å². The van der Waals surface area contributed by atoms with Gasteiger partial charge in [-0.2, -0.15) is 0 Å². The molecule has 1 fully saturated rings. The van der Waals surface area contributed by atoms with E-state index >= 15 is 0 Å². The van der Waals surface area contributed by atoms with Gasteiger partial charge in [0.25, 0.3) is 0 Å². The number of hydrogen-bond donors (Lipinski definition) is 0. The average molecular weight is 278 g/mol. The van der Waals surface area contributed by atoms with E-state index in [1.54, 1.807) is 0 Å². The normalized spacial score (nSPS) is 22.7. The summed E-state index contributed by atoms with van der Waals surface area (Å²) in [7, 11) is 0. The number of carbonyl (C=O) groups is 1. The van der Waals surface area contributed by atoms with Gasteiger partial charge in [-0.3, -0.25) is 0 Å². The largest absolute Gasteiger partial charge is 0.444 e. The molecule has 0 aliphatic carbocycles. The fourth-order valence-corrected chi connectivity index (χ4v) is 2.21. The molecule has 0 aromatic heterocycles. The maximum Gasteiger partial charge on any atom is 0.410 e. The SMILES string of the molecule is CC(C)(C)OC(=O)N1CCC[C@@H](CBr)C1. The van der Waals surface area contributed by atoms with E-state index < -0.39 is 5.60 Å². The Labute approximate surface area is 100 Å². The number of ether oxygens (including phenoxy) is 1. The van der Waals surface area contributed by atoms with E-state index in [2.05, 4.69) is 15.9 Å². The van der Waals surface area contributed by atoms with Crippen molar-refractivity contribution in [1.29, 1.82) is 0 Å². The maximum atomic E-state index is 11.8. The first kappa shape index (κ1) is 12.8. The highest BCUT2D eigenvalue weighted by atomic mass is 79.9. The summed E-state index contributed by atoms with van der Waals surface area (Å²) in [6, 6.07) is 0. The summed E-state index contributed by atoms with van der Waals surface area (Å²) in [6.45, 7) is 7.35. The van der Waals surface area contributed by atoms with Crippen molar-refractivity contribution in [2.75, 3.05) is 18.4 Å². The summed E-state index contributed by atoms with van der Waals surface area (Å²) < 4.78 is 5.34. The molecule has 0 aromatic carbocycles. The molecule has 1 aliphatic heterocycles. The van der Waals surface area contributed by atoms with E-state index in [4.69, 9.17) is 4.74 Å². The van der Waals surface area contributed by atoms with Gasteiger partial charge in [0.05, 0.1) is 0 Å². The van der Waals surface area contributed by atoms with Crippen LogP contribution in [0.15, 0.2) is 0 Å². The van der Waals surface area contributed by atoms with Gasteiger partial charge in [0.15, 0.2) is 0 Å². The van der Waals surface area contributed by atoms with E-state index in [0.29, 0.717) is 5.92 Å². The van der Waals surface area contributed by atoms with Crippen LogP contribution in [-0.2, 0) is 4.74 Å². The summed E-state index contributed by atoms with van der Waals surface area (Å²) in [4.78, 5) is 13.6. The molecule has 3 nitrogen and oxygen atoms in total. The first-order valence-electron chi connectivity index (χ1n) is 5.46. The molecule has 0 radical (unpaired) electrons. The Kier molecular flexibility index (Phi) is 4.44. The molecule has 0 unspecified atom stereocenters. The fourth-order valence-electron chi connectivity index (χ4n) is 1.68. The quantitative estimate of drug-likeness (QED) is 0.690. The summed E-state index contributed by atoms with van der Waals surface area (Å²) in [5.74, 6) is 0.575. The van der Waals surface area contributed by atoms with Crippen molar-refractivity contribution in [2.45, 2.75) is 39.2 Å². The summed E-state index contributed by atoms with van der Waals surface area (Å²) in [6.07, 6.45) is 2.10. The molecule has 15 heavy (non-hydrogen) atoms. The van der Waals surface area contributed by atoms with Gasteiger partial charge >= 0.3 is 6.09 Å². The molecule has 1 amide bonds. The number of piperidine rings is 1. The Bertz CT molecular complexity index is 225. The Morgan fingerprint density at radius 3 is 2.73 bits per heavy atom. The molecule has 1 saturated heterocycles. The summed E-state index contributed by atoms with van der Waals surface area (Å²) >= 11 is 3.47. The Morgan fingerprint density at radius 2 is 2.20 bits per heavy atom. The number of nitrogens with zero attached hydrogens (tertiary/aromatic N) is 1. The summed E-state index contributed by atoms with van der Waals surface area (Å²) in [5, 5.41) is 0.965. The summed E-state index contributed by atoms with van der Waals surface area (Å²) in [5.41, 5.74) is -0.390. The van der Waals surface area contributed by atoms with Crippen LogP contribution in [-0.4, -0.2) is 35.0 Å². The highest BCUT2D eigenvalue weighted by Gasteiger charge is 2.26. The van der Waals surface area contributed by atoms with Crippen molar-refractivity contribution in [3.05, 3.63) is 0 Å². The van der Waals surface area contributed by atoms with E-state index in [-0.39, 0.29) is 6.09 Å². The van der Waals surface area contributed by atoms with Gasteiger partial charge in [0.1, 0.15) is 5.60 Å². The lowest BCUT2D eigenvalue weighted by atomic mass is 10.0. The predicted octanol–water partition coefficient (Wildman–Crippen LogP) is 3.03. The van der Waals surface area contributed by atoms with Gasteiger partial charge in [-0.05, 0) is 39.5 Å². The third-order valence-corrected chi connectivity index (χ3v) is 3.30. The second-order valence-corrected chi connectivity index (χ2v) is 5.74. The maximum absolute atomic E-state index is 11.8. The standard InChI is InChI=1S/C11H20BrNO2/c1-11(2,3)15-10(14)13-6-4-5-9(7-12)8-13/h9H,4-8H2,1-3H3/t9-/m0/s1. The van der Waals surface area contributed by atoms with Crippen LogP contribution in [0.5, 0.6) is 0 Å².